The zero-order chi connectivity index (χ0) is 16.4. The molecule has 0 radical (unpaired) electrons. The van der Waals surface area contributed by atoms with Crippen LogP contribution in [0.2, 0.25) is 0 Å². The zero-order valence-electron chi connectivity index (χ0n) is 12.5. The Hall–Kier alpha value is -2.54. The van der Waals surface area contributed by atoms with Crippen molar-refractivity contribution in [1.82, 2.24) is 5.32 Å². The first-order chi connectivity index (χ1) is 11.0. The average Bonchev–Trinajstić information content (AvgIpc) is 2.90. The predicted molar refractivity (Wildman–Crippen MR) is 86.0 cm³/mol. The smallest absolute Gasteiger partial charge is 0.261 e. The fourth-order valence-corrected chi connectivity index (χ4v) is 3.44. The Morgan fingerprint density at radius 3 is 2.61 bits per heavy atom. The molecular formula is C16H16N2O4S. The standard InChI is InChI=1S/C16H16N2O4S/c1-2-22-13-6-4-12(5-7-13)18-23(20,21)14-8-3-11-10-17-16(19)15(11)9-14/h3-9,18H,2,10H2,1H3,(H,17,19). The second kappa shape index (κ2) is 5.92. The molecule has 3 rings (SSSR count). The number of anilines is 1. The molecule has 1 aliphatic heterocycles. The fourth-order valence-electron chi connectivity index (χ4n) is 2.36. The summed E-state index contributed by atoms with van der Waals surface area (Å²) in [6.45, 7) is 2.85. The van der Waals surface area contributed by atoms with Gasteiger partial charge in [0.25, 0.3) is 15.9 Å². The van der Waals surface area contributed by atoms with E-state index in [1.54, 1.807) is 30.3 Å². The highest BCUT2D eigenvalue weighted by atomic mass is 32.2. The SMILES string of the molecule is CCOc1ccc(NS(=O)(=O)c2ccc3c(c2)C(=O)NC3)cc1. The first-order valence-electron chi connectivity index (χ1n) is 7.16. The lowest BCUT2D eigenvalue weighted by Crippen LogP contribution is -2.15. The highest BCUT2D eigenvalue weighted by Gasteiger charge is 2.22. The first-order valence-corrected chi connectivity index (χ1v) is 8.65. The van der Waals surface area contributed by atoms with Crippen molar-refractivity contribution in [2.75, 3.05) is 11.3 Å². The van der Waals surface area contributed by atoms with Gasteiger partial charge in [0.05, 0.1) is 11.5 Å². The summed E-state index contributed by atoms with van der Waals surface area (Å²) < 4.78 is 32.7. The second-order valence-corrected chi connectivity index (χ2v) is 6.75. The van der Waals surface area contributed by atoms with Gasteiger partial charge >= 0.3 is 0 Å². The Balaban J connectivity index is 1.84. The molecule has 2 aromatic rings. The minimum atomic E-state index is -3.75. The molecule has 23 heavy (non-hydrogen) atoms. The van der Waals surface area contributed by atoms with Gasteiger partial charge < -0.3 is 10.1 Å². The van der Waals surface area contributed by atoms with E-state index < -0.39 is 10.0 Å². The van der Waals surface area contributed by atoms with Gasteiger partial charge in [-0.25, -0.2) is 8.42 Å². The summed E-state index contributed by atoms with van der Waals surface area (Å²) in [4.78, 5) is 11.7. The summed E-state index contributed by atoms with van der Waals surface area (Å²) in [7, 11) is -3.75. The van der Waals surface area contributed by atoms with Crippen LogP contribution in [-0.4, -0.2) is 20.9 Å². The number of sulfonamides is 1. The molecule has 0 aromatic heterocycles. The van der Waals surface area contributed by atoms with E-state index in [2.05, 4.69) is 10.0 Å². The molecule has 120 valence electrons. The molecule has 2 aromatic carbocycles. The highest BCUT2D eigenvalue weighted by molar-refractivity contribution is 7.92. The van der Waals surface area contributed by atoms with E-state index in [-0.39, 0.29) is 10.8 Å². The average molecular weight is 332 g/mol. The van der Waals surface area contributed by atoms with Gasteiger partial charge in [-0.05, 0) is 48.9 Å². The maximum atomic E-state index is 12.4. The summed E-state index contributed by atoms with van der Waals surface area (Å²) in [6, 6.07) is 11.2. The van der Waals surface area contributed by atoms with E-state index in [1.165, 1.54) is 12.1 Å². The van der Waals surface area contributed by atoms with Gasteiger partial charge in [-0.2, -0.15) is 0 Å². The zero-order valence-corrected chi connectivity index (χ0v) is 13.3. The third-order valence-corrected chi connectivity index (χ3v) is 4.87. The van der Waals surface area contributed by atoms with Gasteiger partial charge in [0.2, 0.25) is 0 Å². The highest BCUT2D eigenvalue weighted by Crippen LogP contribution is 2.23. The third-order valence-electron chi connectivity index (χ3n) is 3.49. The van der Waals surface area contributed by atoms with Crippen LogP contribution in [0.3, 0.4) is 0 Å². The number of ether oxygens (including phenoxy) is 1. The predicted octanol–water partition coefficient (Wildman–Crippen LogP) is 2.13. The Labute approximate surface area is 134 Å². The number of hydrogen-bond acceptors (Lipinski definition) is 4. The number of nitrogens with one attached hydrogen (secondary N) is 2. The number of carbonyl (C=O) groups excluding carboxylic acids is 1. The summed E-state index contributed by atoms with van der Waals surface area (Å²) in [5.41, 5.74) is 1.63. The Morgan fingerprint density at radius 1 is 1.17 bits per heavy atom. The van der Waals surface area contributed by atoms with Crippen LogP contribution >= 0.6 is 0 Å². The van der Waals surface area contributed by atoms with Gasteiger partial charge in [0, 0.05) is 17.8 Å². The van der Waals surface area contributed by atoms with Crippen LogP contribution in [0.15, 0.2) is 47.4 Å². The molecule has 6 nitrogen and oxygen atoms in total. The van der Waals surface area contributed by atoms with E-state index in [9.17, 15) is 13.2 Å². The van der Waals surface area contributed by atoms with Crippen LogP contribution in [0.25, 0.3) is 0 Å². The topological polar surface area (TPSA) is 84.5 Å². The van der Waals surface area contributed by atoms with Gasteiger partial charge in [0.1, 0.15) is 5.75 Å². The van der Waals surface area contributed by atoms with Crippen LogP contribution in [-0.2, 0) is 16.6 Å². The van der Waals surface area contributed by atoms with E-state index in [4.69, 9.17) is 4.74 Å². The van der Waals surface area contributed by atoms with Gasteiger partial charge in [0.15, 0.2) is 0 Å². The van der Waals surface area contributed by atoms with Crippen LogP contribution in [0.5, 0.6) is 5.75 Å². The number of fused-ring (bicyclic) bond motifs is 1. The van der Waals surface area contributed by atoms with E-state index in [0.29, 0.717) is 30.2 Å². The van der Waals surface area contributed by atoms with Crippen LogP contribution in [0.4, 0.5) is 5.69 Å². The molecule has 2 N–H and O–H groups in total. The van der Waals surface area contributed by atoms with Gasteiger partial charge in [-0.1, -0.05) is 6.07 Å². The number of carbonyl (C=O) groups is 1. The molecule has 1 heterocycles. The quantitative estimate of drug-likeness (QED) is 0.878. The first kappa shape index (κ1) is 15.4. The molecule has 0 atom stereocenters. The molecular weight excluding hydrogens is 316 g/mol. The maximum absolute atomic E-state index is 12.4. The van der Waals surface area contributed by atoms with E-state index in [1.807, 2.05) is 6.92 Å². The molecule has 0 aliphatic carbocycles. The van der Waals surface area contributed by atoms with Crippen molar-refractivity contribution in [3.8, 4) is 5.75 Å². The monoisotopic (exact) mass is 332 g/mol. The molecule has 0 unspecified atom stereocenters. The molecule has 0 saturated carbocycles. The molecule has 1 aliphatic rings. The summed E-state index contributed by atoms with van der Waals surface area (Å²) in [5.74, 6) is 0.419. The minimum Gasteiger partial charge on any atom is -0.494 e. The Kier molecular flexibility index (Phi) is 3.96. The van der Waals surface area contributed by atoms with Gasteiger partial charge in [-0.3, -0.25) is 9.52 Å². The second-order valence-electron chi connectivity index (χ2n) is 5.06. The van der Waals surface area contributed by atoms with E-state index >= 15 is 0 Å². The van der Waals surface area contributed by atoms with Crippen molar-refractivity contribution in [3.05, 3.63) is 53.6 Å². The van der Waals surface area contributed by atoms with Crippen molar-refractivity contribution in [2.24, 2.45) is 0 Å². The molecule has 1 amide bonds. The maximum Gasteiger partial charge on any atom is 0.261 e. The summed E-state index contributed by atoms with van der Waals surface area (Å²) >= 11 is 0. The summed E-state index contributed by atoms with van der Waals surface area (Å²) in [5, 5.41) is 2.66. The lowest BCUT2D eigenvalue weighted by atomic mass is 10.1. The molecule has 0 bridgehead atoms. The Bertz CT molecular complexity index is 845. The largest absolute Gasteiger partial charge is 0.494 e. The van der Waals surface area contributed by atoms with Gasteiger partial charge in [-0.15, -0.1) is 0 Å². The van der Waals surface area contributed by atoms with Crippen molar-refractivity contribution in [3.63, 3.8) is 0 Å². The van der Waals surface area contributed by atoms with Crippen molar-refractivity contribution < 1.29 is 17.9 Å². The van der Waals surface area contributed by atoms with Crippen LogP contribution in [0.1, 0.15) is 22.8 Å². The number of hydrogen-bond donors (Lipinski definition) is 2. The lowest BCUT2D eigenvalue weighted by Gasteiger charge is -2.10. The van der Waals surface area contributed by atoms with Crippen molar-refractivity contribution in [1.29, 1.82) is 0 Å². The number of benzene rings is 2. The van der Waals surface area contributed by atoms with Crippen molar-refractivity contribution >= 4 is 21.6 Å². The lowest BCUT2D eigenvalue weighted by molar-refractivity contribution is 0.0965. The molecule has 0 saturated heterocycles. The Morgan fingerprint density at radius 2 is 1.91 bits per heavy atom. The normalized spacial score (nSPS) is 13.3. The molecule has 0 spiro atoms. The van der Waals surface area contributed by atoms with Crippen LogP contribution in [0, 0.1) is 0 Å². The third kappa shape index (κ3) is 3.14. The van der Waals surface area contributed by atoms with E-state index in [0.717, 1.165) is 5.56 Å². The fraction of sp³-hybridized carbons (Fsp3) is 0.188. The van der Waals surface area contributed by atoms with Crippen molar-refractivity contribution in [2.45, 2.75) is 18.4 Å². The molecule has 0 fully saturated rings. The number of rotatable bonds is 5. The minimum absolute atomic E-state index is 0.0576. The number of amides is 1. The molecule has 7 heteroatoms. The summed E-state index contributed by atoms with van der Waals surface area (Å²) in [6.07, 6.45) is 0. The van der Waals surface area contributed by atoms with Crippen LogP contribution < -0.4 is 14.8 Å².